The molecule has 2 aromatic rings. The van der Waals surface area contributed by atoms with E-state index in [0.29, 0.717) is 18.3 Å². The molecule has 0 bridgehead atoms. The smallest absolute Gasteiger partial charge is 0.274 e. The highest BCUT2D eigenvalue weighted by molar-refractivity contribution is 5.92. The third-order valence-electron chi connectivity index (χ3n) is 5.28. The first-order chi connectivity index (χ1) is 12.4. The van der Waals surface area contributed by atoms with E-state index in [2.05, 4.69) is 55.5 Å². The van der Waals surface area contributed by atoms with Gasteiger partial charge in [0.15, 0.2) is 0 Å². The summed E-state index contributed by atoms with van der Waals surface area (Å²) in [5, 5.41) is 7.95. The molecule has 1 aromatic heterocycles. The van der Waals surface area contributed by atoms with Crippen molar-refractivity contribution in [2.45, 2.75) is 45.1 Å². The minimum Gasteiger partial charge on any atom is -0.339 e. The Morgan fingerprint density at radius 1 is 1.31 bits per heavy atom. The molecule has 1 aliphatic heterocycles. The molecule has 5 nitrogen and oxygen atoms in total. The Morgan fingerprint density at radius 3 is 2.69 bits per heavy atom. The van der Waals surface area contributed by atoms with Crippen molar-refractivity contribution in [1.29, 1.82) is 0 Å². The van der Waals surface area contributed by atoms with Gasteiger partial charge < -0.3 is 10.2 Å². The fourth-order valence-corrected chi connectivity index (χ4v) is 3.67. The van der Waals surface area contributed by atoms with Crippen LogP contribution < -0.4 is 5.32 Å². The van der Waals surface area contributed by atoms with Crippen LogP contribution in [0.2, 0.25) is 0 Å². The number of carbonyl (C=O) groups excluding carboxylic acids is 1. The largest absolute Gasteiger partial charge is 0.339 e. The fourth-order valence-electron chi connectivity index (χ4n) is 3.67. The molecule has 5 heteroatoms. The maximum atomic E-state index is 12.8. The summed E-state index contributed by atoms with van der Waals surface area (Å²) in [7, 11) is 1.86. The maximum absolute atomic E-state index is 12.8. The van der Waals surface area contributed by atoms with Crippen molar-refractivity contribution < 1.29 is 4.79 Å². The standard InChI is InChI=1S/C21H30N4O/c1-16-7-9-17(10-8-16)21(2,3)15-24(4)20(26)19-11-13-25(23-19)18-6-5-12-22-14-18/h7-11,13,18,22H,5-6,12,14-15H2,1-4H3. The van der Waals surface area contributed by atoms with Gasteiger partial charge in [-0.2, -0.15) is 5.10 Å². The summed E-state index contributed by atoms with van der Waals surface area (Å²) in [5.74, 6) is -0.0206. The van der Waals surface area contributed by atoms with Gasteiger partial charge in [-0.15, -0.1) is 0 Å². The molecule has 1 aromatic carbocycles. The van der Waals surface area contributed by atoms with Gasteiger partial charge in [0.25, 0.3) is 5.91 Å². The van der Waals surface area contributed by atoms with Crippen LogP contribution in [0.1, 0.15) is 54.3 Å². The first-order valence-corrected chi connectivity index (χ1v) is 9.45. The summed E-state index contributed by atoms with van der Waals surface area (Å²) in [6.07, 6.45) is 4.20. The predicted octanol–water partition coefficient (Wildman–Crippen LogP) is 3.17. The van der Waals surface area contributed by atoms with Crippen molar-refractivity contribution in [3.05, 3.63) is 53.3 Å². The van der Waals surface area contributed by atoms with Gasteiger partial charge in [0, 0.05) is 31.7 Å². The monoisotopic (exact) mass is 354 g/mol. The summed E-state index contributed by atoms with van der Waals surface area (Å²) < 4.78 is 1.94. The summed E-state index contributed by atoms with van der Waals surface area (Å²) in [5.41, 5.74) is 2.89. The van der Waals surface area contributed by atoms with E-state index in [1.54, 1.807) is 4.90 Å². The van der Waals surface area contributed by atoms with E-state index >= 15 is 0 Å². The van der Waals surface area contributed by atoms with Crippen LogP contribution in [0.15, 0.2) is 36.5 Å². The van der Waals surface area contributed by atoms with Gasteiger partial charge >= 0.3 is 0 Å². The number of hydrogen-bond acceptors (Lipinski definition) is 3. The Morgan fingerprint density at radius 2 is 2.04 bits per heavy atom. The predicted molar refractivity (Wildman–Crippen MR) is 105 cm³/mol. The zero-order chi connectivity index (χ0) is 18.7. The van der Waals surface area contributed by atoms with Crippen molar-refractivity contribution in [1.82, 2.24) is 20.0 Å². The minimum atomic E-state index is -0.117. The Hall–Kier alpha value is -2.14. The van der Waals surface area contributed by atoms with Crippen molar-refractivity contribution in [2.24, 2.45) is 0 Å². The number of aryl methyl sites for hydroxylation is 1. The second-order valence-corrected chi connectivity index (χ2v) is 8.09. The highest BCUT2D eigenvalue weighted by Crippen LogP contribution is 2.25. The van der Waals surface area contributed by atoms with Gasteiger partial charge in [0.1, 0.15) is 5.69 Å². The van der Waals surface area contributed by atoms with Gasteiger partial charge in [-0.1, -0.05) is 43.7 Å². The molecule has 0 spiro atoms. The van der Waals surface area contributed by atoms with Crippen molar-refractivity contribution in [2.75, 3.05) is 26.7 Å². The third-order valence-corrected chi connectivity index (χ3v) is 5.28. The Balaban J connectivity index is 1.67. The Kier molecular flexibility index (Phi) is 5.47. The van der Waals surface area contributed by atoms with E-state index in [9.17, 15) is 4.79 Å². The molecule has 140 valence electrons. The SMILES string of the molecule is Cc1ccc(C(C)(C)CN(C)C(=O)c2ccn(C3CCCNC3)n2)cc1. The molecule has 0 saturated carbocycles. The minimum absolute atomic E-state index is 0.0206. The molecule has 26 heavy (non-hydrogen) atoms. The maximum Gasteiger partial charge on any atom is 0.274 e. The van der Waals surface area contributed by atoms with Crippen molar-refractivity contribution >= 4 is 5.91 Å². The molecule has 1 unspecified atom stereocenters. The van der Waals surface area contributed by atoms with Gasteiger partial charge in [-0.05, 0) is 37.9 Å². The highest BCUT2D eigenvalue weighted by Gasteiger charge is 2.26. The first kappa shape index (κ1) is 18.6. The number of amides is 1. The van der Waals surface area contributed by atoms with E-state index in [0.717, 1.165) is 25.9 Å². The Labute approximate surface area is 156 Å². The van der Waals surface area contributed by atoms with E-state index in [1.165, 1.54) is 11.1 Å². The van der Waals surface area contributed by atoms with Gasteiger partial charge in [-0.3, -0.25) is 9.48 Å². The zero-order valence-corrected chi connectivity index (χ0v) is 16.3. The molecule has 1 aliphatic rings. The number of benzene rings is 1. The van der Waals surface area contributed by atoms with Gasteiger partial charge in [-0.25, -0.2) is 0 Å². The molecule has 1 N–H and O–H groups in total. The summed E-state index contributed by atoms with van der Waals surface area (Å²) in [6, 6.07) is 10.7. The lowest BCUT2D eigenvalue weighted by molar-refractivity contribution is 0.0760. The van der Waals surface area contributed by atoms with Crippen molar-refractivity contribution in [3.63, 3.8) is 0 Å². The molecule has 1 fully saturated rings. The molecule has 1 saturated heterocycles. The molecule has 0 aliphatic carbocycles. The van der Waals surface area contributed by atoms with Crippen LogP contribution in [-0.2, 0) is 5.41 Å². The summed E-state index contributed by atoms with van der Waals surface area (Å²) in [4.78, 5) is 14.6. The molecular formula is C21H30N4O. The van der Waals surface area contributed by atoms with Crippen LogP contribution in [0.4, 0.5) is 0 Å². The number of likely N-dealkylation sites (N-methyl/N-ethyl adjacent to an activating group) is 1. The van der Waals surface area contributed by atoms with E-state index in [-0.39, 0.29) is 11.3 Å². The molecule has 1 atom stereocenters. The summed E-state index contributed by atoms with van der Waals surface area (Å²) >= 11 is 0. The normalized spacial score (nSPS) is 17.9. The molecule has 3 rings (SSSR count). The molecule has 0 radical (unpaired) electrons. The number of nitrogens with zero attached hydrogens (tertiary/aromatic N) is 3. The van der Waals surface area contributed by atoms with Crippen LogP contribution in [-0.4, -0.2) is 47.3 Å². The lowest BCUT2D eigenvalue weighted by atomic mass is 9.84. The topological polar surface area (TPSA) is 50.2 Å². The van der Waals surface area contributed by atoms with Crippen molar-refractivity contribution in [3.8, 4) is 0 Å². The molecule has 1 amide bonds. The lowest BCUT2D eigenvalue weighted by Crippen LogP contribution is -2.38. The first-order valence-electron chi connectivity index (χ1n) is 9.45. The average Bonchev–Trinajstić information content (AvgIpc) is 3.12. The van der Waals surface area contributed by atoms with Crippen LogP contribution in [0, 0.1) is 6.92 Å². The van der Waals surface area contributed by atoms with E-state index in [4.69, 9.17) is 0 Å². The molecular weight excluding hydrogens is 324 g/mol. The number of hydrogen-bond donors (Lipinski definition) is 1. The quantitative estimate of drug-likeness (QED) is 0.897. The third kappa shape index (κ3) is 4.15. The zero-order valence-electron chi connectivity index (χ0n) is 16.3. The Bertz CT molecular complexity index is 742. The second kappa shape index (κ2) is 7.62. The number of aromatic nitrogens is 2. The number of carbonyl (C=O) groups is 1. The number of nitrogens with one attached hydrogen (secondary N) is 1. The molecule has 2 heterocycles. The van der Waals surface area contributed by atoms with Gasteiger partial charge in [0.05, 0.1) is 6.04 Å². The fraction of sp³-hybridized carbons (Fsp3) is 0.524. The number of rotatable bonds is 5. The van der Waals surface area contributed by atoms with Crippen LogP contribution in [0.5, 0.6) is 0 Å². The van der Waals surface area contributed by atoms with E-state index < -0.39 is 0 Å². The van der Waals surface area contributed by atoms with Crippen LogP contribution in [0.3, 0.4) is 0 Å². The average molecular weight is 354 g/mol. The van der Waals surface area contributed by atoms with Crippen LogP contribution in [0.25, 0.3) is 0 Å². The summed E-state index contributed by atoms with van der Waals surface area (Å²) in [6.45, 7) is 9.07. The highest BCUT2D eigenvalue weighted by atomic mass is 16.2. The second-order valence-electron chi connectivity index (χ2n) is 8.09. The lowest BCUT2D eigenvalue weighted by Gasteiger charge is -2.30. The number of piperidine rings is 1. The van der Waals surface area contributed by atoms with Gasteiger partial charge in [0.2, 0.25) is 0 Å². The van der Waals surface area contributed by atoms with E-state index in [1.807, 2.05) is 24.0 Å². The van der Waals surface area contributed by atoms with Crippen LogP contribution >= 0.6 is 0 Å².